The molecule has 0 aliphatic carbocycles. The predicted octanol–water partition coefficient (Wildman–Crippen LogP) is 4.38. The first-order valence-electron chi connectivity index (χ1n) is 7.49. The maximum atomic E-state index is 11.9. The SMILES string of the molecule is COc1ccc(N[C@H](c2ccccc2C)[C@H](C)C(C)=O)cc1. The van der Waals surface area contributed by atoms with E-state index in [1.54, 1.807) is 14.0 Å². The van der Waals surface area contributed by atoms with Crippen LogP contribution in [0.3, 0.4) is 0 Å². The first kappa shape index (κ1) is 16.1. The fourth-order valence-electron chi connectivity index (χ4n) is 2.51. The first-order chi connectivity index (χ1) is 10.5. The quantitative estimate of drug-likeness (QED) is 0.859. The molecular weight excluding hydrogens is 274 g/mol. The predicted molar refractivity (Wildman–Crippen MR) is 90.4 cm³/mol. The smallest absolute Gasteiger partial charge is 0.135 e. The summed E-state index contributed by atoms with van der Waals surface area (Å²) < 4.78 is 5.18. The van der Waals surface area contributed by atoms with Crippen molar-refractivity contribution in [3.8, 4) is 5.75 Å². The summed E-state index contributed by atoms with van der Waals surface area (Å²) >= 11 is 0. The number of hydrogen-bond donors (Lipinski definition) is 1. The van der Waals surface area contributed by atoms with Gasteiger partial charge in [0.15, 0.2) is 0 Å². The van der Waals surface area contributed by atoms with Crippen molar-refractivity contribution < 1.29 is 9.53 Å². The van der Waals surface area contributed by atoms with Crippen LogP contribution in [-0.4, -0.2) is 12.9 Å². The Morgan fingerprint density at radius 1 is 1.09 bits per heavy atom. The molecule has 116 valence electrons. The molecule has 1 N–H and O–H groups in total. The molecule has 0 spiro atoms. The number of rotatable bonds is 6. The van der Waals surface area contributed by atoms with Crippen LogP contribution in [0.25, 0.3) is 0 Å². The summed E-state index contributed by atoms with van der Waals surface area (Å²) in [7, 11) is 1.65. The van der Waals surface area contributed by atoms with Gasteiger partial charge in [-0.05, 0) is 49.2 Å². The second-order valence-corrected chi connectivity index (χ2v) is 5.61. The van der Waals surface area contributed by atoms with Gasteiger partial charge in [0.05, 0.1) is 13.2 Å². The van der Waals surface area contributed by atoms with Crippen molar-refractivity contribution in [2.24, 2.45) is 5.92 Å². The van der Waals surface area contributed by atoms with E-state index >= 15 is 0 Å². The first-order valence-corrected chi connectivity index (χ1v) is 7.49. The lowest BCUT2D eigenvalue weighted by Gasteiger charge is -2.26. The number of benzene rings is 2. The van der Waals surface area contributed by atoms with E-state index in [4.69, 9.17) is 4.74 Å². The largest absolute Gasteiger partial charge is 0.497 e. The molecule has 0 amide bonds. The Morgan fingerprint density at radius 3 is 2.27 bits per heavy atom. The summed E-state index contributed by atoms with van der Waals surface area (Å²) in [5, 5.41) is 3.49. The van der Waals surface area contributed by atoms with Crippen LogP contribution in [0, 0.1) is 12.8 Å². The molecule has 0 unspecified atom stereocenters. The van der Waals surface area contributed by atoms with Crippen molar-refractivity contribution in [2.45, 2.75) is 26.8 Å². The molecule has 0 aliphatic heterocycles. The van der Waals surface area contributed by atoms with E-state index in [1.807, 2.05) is 43.3 Å². The Balaban J connectivity index is 2.32. The minimum absolute atomic E-state index is 0.0490. The van der Waals surface area contributed by atoms with E-state index in [9.17, 15) is 4.79 Å². The van der Waals surface area contributed by atoms with Gasteiger partial charge in [-0.2, -0.15) is 0 Å². The summed E-state index contributed by atoms with van der Waals surface area (Å²) in [5.74, 6) is 0.884. The third kappa shape index (κ3) is 3.67. The molecule has 2 atom stereocenters. The Bertz CT molecular complexity index is 634. The maximum Gasteiger partial charge on any atom is 0.135 e. The van der Waals surface area contributed by atoms with Gasteiger partial charge in [0.2, 0.25) is 0 Å². The van der Waals surface area contributed by atoms with Gasteiger partial charge in [-0.15, -0.1) is 0 Å². The second kappa shape index (κ2) is 7.12. The maximum absolute atomic E-state index is 11.9. The van der Waals surface area contributed by atoms with Crippen molar-refractivity contribution in [1.82, 2.24) is 0 Å². The fourth-order valence-corrected chi connectivity index (χ4v) is 2.51. The fraction of sp³-hybridized carbons (Fsp3) is 0.316. The van der Waals surface area contributed by atoms with Crippen molar-refractivity contribution >= 4 is 11.5 Å². The molecule has 0 saturated carbocycles. The molecule has 2 aromatic carbocycles. The normalized spacial score (nSPS) is 13.3. The lowest BCUT2D eigenvalue weighted by molar-refractivity contribution is -0.120. The zero-order valence-electron chi connectivity index (χ0n) is 13.6. The zero-order chi connectivity index (χ0) is 16.1. The molecule has 0 radical (unpaired) electrons. The van der Waals surface area contributed by atoms with Crippen LogP contribution in [0.15, 0.2) is 48.5 Å². The molecule has 0 aliphatic rings. The summed E-state index contributed by atoms with van der Waals surface area (Å²) in [6, 6.07) is 15.9. The van der Waals surface area contributed by atoms with Gasteiger partial charge in [0.25, 0.3) is 0 Å². The van der Waals surface area contributed by atoms with Gasteiger partial charge < -0.3 is 10.1 Å². The van der Waals surface area contributed by atoms with Crippen LogP contribution in [0.4, 0.5) is 5.69 Å². The molecule has 0 bridgehead atoms. The molecule has 22 heavy (non-hydrogen) atoms. The molecule has 0 saturated heterocycles. The summed E-state index contributed by atoms with van der Waals surface area (Å²) in [5.41, 5.74) is 3.31. The average molecular weight is 297 g/mol. The monoisotopic (exact) mass is 297 g/mol. The number of aryl methyl sites for hydroxylation is 1. The van der Waals surface area contributed by atoms with Crippen LogP contribution in [0.2, 0.25) is 0 Å². The van der Waals surface area contributed by atoms with Gasteiger partial charge in [-0.1, -0.05) is 31.2 Å². The molecule has 2 aromatic rings. The molecular formula is C19H23NO2. The van der Waals surface area contributed by atoms with Crippen LogP contribution >= 0.6 is 0 Å². The summed E-state index contributed by atoms with van der Waals surface area (Å²) in [6.07, 6.45) is 0. The van der Waals surface area contributed by atoms with E-state index in [0.29, 0.717) is 0 Å². The van der Waals surface area contributed by atoms with Gasteiger partial charge in [-0.25, -0.2) is 0 Å². The van der Waals surface area contributed by atoms with Crippen LogP contribution < -0.4 is 10.1 Å². The number of ketones is 1. The van der Waals surface area contributed by atoms with Gasteiger partial charge in [-0.3, -0.25) is 4.79 Å². The van der Waals surface area contributed by atoms with Crippen molar-refractivity contribution in [2.75, 3.05) is 12.4 Å². The van der Waals surface area contributed by atoms with Crippen molar-refractivity contribution in [3.63, 3.8) is 0 Å². The lowest BCUT2D eigenvalue weighted by atomic mass is 9.89. The number of hydrogen-bond acceptors (Lipinski definition) is 3. The summed E-state index contributed by atoms with van der Waals surface area (Å²) in [6.45, 7) is 5.69. The van der Waals surface area contributed by atoms with Gasteiger partial charge in [0, 0.05) is 11.6 Å². The highest BCUT2D eigenvalue weighted by atomic mass is 16.5. The van der Waals surface area contributed by atoms with Crippen molar-refractivity contribution in [1.29, 1.82) is 0 Å². The third-order valence-electron chi connectivity index (χ3n) is 4.08. The average Bonchev–Trinajstić information content (AvgIpc) is 2.53. The topological polar surface area (TPSA) is 38.3 Å². The van der Waals surface area contributed by atoms with E-state index in [0.717, 1.165) is 17.0 Å². The van der Waals surface area contributed by atoms with E-state index in [2.05, 4.69) is 24.4 Å². The third-order valence-corrected chi connectivity index (χ3v) is 4.08. The number of carbonyl (C=O) groups is 1. The number of nitrogens with one attached hydrogen (secondary N) is 1. The van der Waals surface area contributed by atoms with E-state index < -0.39 is 0 Å². The number of methoxy groups -OCH3 is 1. The molecule has 3 nitrogen and oxygen atoms in total. The molecule has 0 heterocycles. The Morgan fingerprint density at radius 2 is 1.73 bits per heavy atom. The Kier molecular flexibility index (Phi) is 5.21. The molecule has 2 rings (SSSR count). The second-order valence-electron chi connectivity index (χ2n) is 5.61. The van der Waals surface area contributed by atoms with Crippen LogP contribution in [0.5, 0.6) is 5.75 Å². The highest BCUT2D eigenvalue weighted by Gasteiger charge is 2.24. The Labute approximate surface area is 132 Å². The van der Waals surface area contributed by atoms with Crippen molar-refractivity contribution in [3.05, 3.63) is 59.7 Å². The zero-order valence-corrected chi connectivity index (χ0v) is 13.6. The Hall–Kier alpha value is -2.29. The minimum atomic E-state index is -0.108. The van der Waals surface area contributed by atoms with Crippen LogP contribution in [-0.2, 0) is 4.79 Å². The highest BCUT2D eigenvalue weighted by Crippen LogP contribution is 2.30. The number of Topliss-reactive ketones (excluding diaryl/α,β-unsaturated/α-hetero) is 1. The standard InChI is InChI=1S/C19H23NO2/c1-13-7-5-6-8-18(13)19(14(2)15(3)21)20-16-9-11-17(22-4)12-10-16/h5-12,14,19-20H,1-4H3/t14-,19+/m1/s1. The van der Waals surface area contributed by atoms with Gasteiger partial charge in [0.1, 0.15) is 11.5 Å². The van der Waals surface area contributed by atoms with E-state index in [1.165, 1.54) is 5.56 Å². The van der Waals surface area contributed by atoms with E-state index in [-0.39, 0.29) is 17.7 Å². The molecule has 3 heteroatoms. The number of anilines is 1. The molecule has 0 fully saturated rings. The summed E-state index contributed by atoms with van der Waals surface area (Å²) in [4.78, 5) is 11.9. The lowest BCUT2D eigenvalue weighted by Crippen LogP contribution is -2.24. The molecule has 0 aromatic heterocycles. The van der Waals surface area contributed by atoms with Crippen LogP contribution in [0.1, 0.15) is 31.0 Å². The van der Waals surface area contributed by atoms with Gasteiger partial charge >= 0.3 is 0 Å². The minimum Gasteiger partial charge on any atom is -0.497 e. The highest BCUT2D eigenvalue weighted by molar-refractivity contribution is 5.79. The number of carbonyl (C=O) groups excluding carboxylic acids is 1. The number of ether oxygens (including phenoxy) is 1.